The van der Waals surface area contributed by atoms with Gasteiger partial charge in [0.15, 0.2) is 0 Å². The summed E-state index contributed by atoms with van der Waals surface area (Å²) in [7, 11) is 0. The summed E-state index contributed by atoms with van der Waals surface area (Å²) < 4.78 is 6.17. The van der Waals surface area contributed by atoms with Crippen LogP contribution in [-0.2, 0) is 4.74 Å². The van der Waals surface area contributed by atoms with E-state index in [1.807, 2.05) is 0 Å². The molecule has 0 radical (unpaired) electrons. The lowest BCUT2D eigenvalue weighted by atomic mass is 9.58. The lowest BCUT2D eigenvalue weighted by Gasteiger charge is -2.55. The highest BCUT2D eigenvalue weighted by molar-refractivity contribution is 5.04. The number of hydrogen-bond acceptors (Lipinski definition) is 2. The Morgan fingerprint density at radius 1 is 1.15 bits per heavy atom. The summed E-state index contributed by atoms with van der Waals surface area (Å²) in [5.41, 5.74) is 0.149. The molecule has 3 aliphatic rings. The van der Waals surface area contributed by atoms with Crippen LogP contribution < -0.4 is 5.32 Å². The van der Waals surface area contributed by atoms with Crippen LogP contribution >= 0.6 is 0 Å². The van der Waals surface area contributed by atoms with E-state index in [0.29, 0.717) is 6.10 Å². The minimum atomic E-state index is 0.149. The van der Waals surface area contributed by atoms with Crippen LogP contribution in [0.2, 0.25) is 0 Å². The van der Waals surface area contributed by atoms with Crippen LogP contribution in [0.3, 0.4) is 0 Å². The molecule has 4 unspecified atom stereocenters. The zero-order chi connectivity index (χ0) is 9.05. The second kappa shape index (κ2) is 2.48. The third-order valence-corrected chi connectivity index (χ3v) is 4.43. The zero-order valence-corrected chi connectivity index (χ0v) is 8.55. The molecule has 13 heavy (non-hydrogen) atoms. The fourth-order valence-electron chi connectivity index (χ4n) is 3.61. The Morgan fingerprint density at radius 2 is 2.00 bits per heavy atom. The van der Waals surface area contributed by atoms with E-state index in [4.69, 9.17) is 4.74 Å². The van der Waals surface area contributed by atoms with Gasteiger partial charge in [-0.3, -0.25) is 0 Å². The van der Waals surface area contributed by atoms with Gasteiger partial charge in [-0.2, -0.15) is 0 Å². The number of hydrogen-bond donors (Lipinski definition) is 1. The number of nitrogens with one attached hydrogen (secondary N) is 1. The summed E-state index contributed by atoms with van der Waals surface area (Å²) in [5, 5.41) is 3.46. The lowest BCUT2D eigenvalue weighted by Crippen LogP contribution is -2.57. The van der Waals surface area contributed by atoms with E-state index < -0.39 is 0 Å². The molecule has 1 N–H and O–H groups in total. The van der Waals surface area contributed by atoms with E-state index >= 15 is 0 Å². The predicted molar refractivity (Wildman–Crippen MR) is 51.5 cm³/mol. The lowest BCUT2D eigenvalue weighted by molar-refractivity contribution is -0.209. The van der Waals surface area contributed by atoms with Gasteiger partial charge in [-0.1, -0.05) is 0 Å². The molecule has 1 saturated carbocycles. The second-order valence-corrected chi connectivity index (χ2v) is 5.43. The van der Waals surface area contributed by atoms with Gasteiger partial charge in [0.2, 0.25) is 0 Å². The summed E-state index contributed by atoms with van der Waals surface area (Å²) >= 11 is 0. The van der Waals surface area contributed by atoms with Crippen molar-refractivity contribution in [2.75, 3.05) is 13.1 Å². The molecule has 0 bridgehead atoms. The first-order valence-electron chi connectivity index (χ1n) is 5.57. The summed E-state index contributed by atoms with van der Waals surface area (Å²) in [6.45, 7) is 6.83. The largest absolute Gasteiger partial charge is 0.370 e. The number of rotatable bonds is 0. The average molecular weight is 181 g/mol. The van der Waals surface area contributed by atoms with Crippen molar-refractivity contribution in [1.29, 1.82) is 0 Å². The summed E-state index contributed by atoms with van der Waals surface area (Å²) in [4.78, 5) is 0. The van der Waals surface area contributed by atoms with Crippen molar-refractivity contribution in [3.63, 3.8) is 0 Å². The molecule has 4 atom stereocenters. The molecule has 0 amide bonds. The fraction of sp³-hybridized carbons (Fsp3) is 1.00. The van der Waals surface area contributed by atoms with Crippen molar-refractivity contribution in [3.8, 4) is 0 Å². The van der Waals surface area contributed by atoms with Gasteiger partial charge >= 0.3 is 0 Å². The molecule has 1 aliphatic carbocycles. The van der Waals surface area contributed by atoms with E-state index in [2.05, 4.69) is 19.2 Å². The predicted octanol–water partition coefficient (Wildman–Crippen LogP) is 1.41. The van der Waals surface area contributed by atoms with E-state index in [9.17, 15) is 0 Å². The van der Waals surface area contributed by atoms with E-state index in [-0.39, 0.29) is 5.60 Å². The maximum absolute atomic E-state index is 6.17. The normalized spacial score (nSPS) is 52.2. The molecule has 3 fully saturated rings. The maximum Gasteiger partial charge on any atom is 0.0749 e. The smallest absolute Gasteiger partial charge is 0.0749 e. The summed E-state index contributed by atoms with van der Waals surface area (Å²) in [6, 6.07) is 0. The van der Waals surface area contributed by atoms with Gasteiger partial charge in [-0.25, -0.2) is 0 Å². The first-order chi connectivity index (χ1) is 6.18. The Balaban J connectivity index is 1.86. The first-order valence-corrected chi connectivity index (χ1v) is 5.57. The minimum Gasteiger partial charge on any atom is -0.370 e. The van der Waals surface area contributed by atoms with Crippen LogP contribution in [0.5, 0.6) is 0 Å². The SMILES string of the molecule is CC1(C)OC2CNCC2C2CCC21. The number of ether oxygens (including phenoxy) is 1. The zero-order valence-electron chi connectivity index (χ0n) is 8.55. The van der Waals surface area contributed by atoms with Gasteiger partial charge in [0.05, 0.1) is 11.7 Å². The van der Waals surface area contributed by atoms with Crippen molar-refractivity contribution in [1.82, 2.24) is 5.32 Å². The highest BCUT2D eigenvalue weighted by atomic mass is 16.5. The van der Waals surface area contributed by atoms with Crippen LogP contribution in [0.25, 0.3) is 0 Å². The average Bonchev–Trinajstić information content (AvgIpc) is 2.31. The molecule has 2 aliphatic heterocycles. The molecule has 74 valence electrons. The first kappa shape index (κ1) is 8.25. The molecule has 2 saturated heterocycles. The highest BCUT2D eigenvalue weighted by Gasteiger charge is 2.54. The fourth-order valence-corrected chi connectivity index (χ4v) is 3.61. The number of fused-ring (bicyclic) bond motifs is 3. The summed E-state index contributed by atoms with van der Waals surface area (Å²) in [6.07, 6.45) is 3.35. The van der Waals surface area contributed by atoms with Gasteiger partial charge in [-0.15, -0.1) is 0 Å². The topological polar surface area (TPSA) is 21.3 Å². The molecule has 0 aromatic carbocycles. The van der Waals surface area contributed by atoms with Crippen molar-refractivity contribution in [3.05, 3.63) is 0 Å². The molecule has 0 aromatic heterocycles. The van der Waals surface area contributed by atoms with Crippen molar-refractivity contribution < 1.29 is 4.74 Å². The molecular formula is C11H19NO. The van der Waals surface area contributed by atoms with E-state index in [1.165, 1.54) is 19.4 Å². The van der Waals surface area contributed by atoms with Crippen molar-refractivity contribution in [2.45, 2.75) is 38.4 Å². The van der Waals surface area contributed by atoms with Gasteiger partial charge in [0.25, 0.3) is 0 Å². The highest BCUT2D eigenvalue weighted by Crippen LogP contribution is 2.53. The quantitative estimate of drug-likeness (QED) is 0.610. The Hall–Kier alpha value is -0.0800. The molecule has 2 nitrogen and oxygen atoms in total. The van der Waals surface area contributed by atoms with Gasteiger partial charge in [0.1, 0.15) is 0 Å². The van der Waals surface area contributed by atoms with Crippen LogP contribution in [0, 0.1) is 17.8 Å². The Bertz CT molecular complexity index is 224. The molecular weight excluding hydrogens is 162 g/mol. The summed E-state index contributed by atoms with van der Waals surface area (Å²) in [5.74, 6) is 2.63. The third kappa shape index (κ3) is 1.02. The minimum absolute atomic E-state index is 0.149. The molecule has 0 aromatic rings. The van der Waals surface area contributed by atoms with Crippen molar-refractivity contribution in [2.24, 2.45) is 17.8 Å². The third-order valence-electron chi connectivity index (χ3n) is 4.43. The molecule has 2 heterocycles. The van der Waals surface area contributed by atoms with Gasteiger partial charge in [-0.05, 0) is 38.5 Å². The Morgan fingerprint density at radius 3 is 2.69 bits per heavy atom. The van der Waals surface area contributed by atoms with Crippen LogP contribution in [-0.4, -0.2) is 24.8 Å². The Kier molecular flexibility index (Phi) is 1.58. The van der Waals surface area contributed by atoms with E-state index in [0.717, 1.165) is 24.3 Å². The van der Waals surface area contributed by atoms with Crippen molar-refractivity contribution >= 4 is 0 Å². The molecule has 3 rings (SSSR count). The second-order valence-electron chi connectivity index (χ2n) is 5.43. The Labute approximate surface area is 80.0 Å². The van der Waals surface area contributed by atoms with Gasteiger partial charge < -0.3 is 10.1 Å². The molecule has 2 heteroatoms. The molecule has 0 spiro atoms. The van der Waals surface area contributed by atoms with Gasteiger partial charge in [0, 0.05) is 19.0 Å². The monoisotopic (exact) mass is 181 g/mol. The van der Waals surface area contributed by atoms with Crippen LogP contribution in [0.4, 0.5) is 0 Å². The van der Waals surface area contributed by atoms with Crippen LogP contribution in [0.15, 0.2) is 0 Å². The van der Waals surface area contributed by atoms with Crippen LogP contribution in [0.1, 0.15) is 26.7 Å². The van der Waals surface area contributed by atoms with E-state index in [1.54, 1.807) is 0 Å². The maximum atomic E-state index is 6.17. The standard InChI is InChI=1S/C11H19NO/c1-11(2)9-4-3-7(9)8-5-12-6-10(8)13-11/h7-10,12H,3-6H2,1-2H3.